The third-order valence-corrected chi connectivity index (χ3v) is 3.87. The van der Waals surface area contributed by atoms with Crippen molar-refractivity contribution in [1.29, 1.82) is 0 Å². The molecule has 0 unspecified atom stereocenters. The van der Waals surface area contributed by atoms with E-state index in [0.717, 1.165) is 0 Å². The molecule has 0 saturated heterocycles. The average molecular weight is 188 g/mol. The fraction of sp³-hybridized carbons (Fsp3) is 0.571. The molecule has 2 aliphatic carbocycles. The Morgan fingerprint density at radius 1 is 1.21 bits per heavy atom. The molecule has 0 heteroatoms. The Bertz CT molecular complexity index is 345. The highest BCUT2D eigenvalue weighted by Gasteiger charge is 2.49. The molecule has 1 aromatic carbocycles. The van der Waals surface area contributed by atoms with Gasteiger partial charge in [-0.05, 0) is 54.2 Å². The molecule has 0 atom stereocenters. The maximum absolute atomic E-state index is 2.33. The van der Waals surface area contributed by atoms with Crippen molar-refractivity contribution >= 4 is 0 Å². The summed E-state index contributed by atoms with van der Waals surface area (Å²) in [7, 11) is 0. The van der Waals surface area contributed by atoms with E-state index in [-0.39, 0.29) is 7.43 Å². The van der Waals surface area contributed by atoms with Gasteiger partial charge in [0.2, 0.25) is 0 Å². The second-order valence-electron chi connectivity index (χ2n) is 4.59. The zero-order chi connectivity index (χ0) is 8.89. The van der Waals surface area contributed by atoms with Gasteiger partial charge in [0, 0.05) is 0 Å². The summed E-state index contributed by atoms with van der Waals surface area (Å²) in [6.45, 7) is 2.28. The van der Waals surface area contributed by atoms with Crippen LogP contribution in [0.25, 0.3) is 0 Å². The number of aryl methyl sites for hydroxylation is 2. The van der Waals surface area contributed by atoms with Crippen LogP contribution in [-0.4, -0.2) is 0 Å². The minimum absolute atomic E-state index is 0. The molecule has 1 saturated carbocycles. The zero-order valence-corrected chi connectivity index (χ0v) is 8.27. The van der Waals surface area contributed by atoms with E-state index in [2.05, 4.69) is 25.1 Å². The number of hydrogen-bond donors (Lipinski definition) is 0. The van der Waals surface area contributed by atoms with Gasteiger partial charge in [-0.2, -0.15) is 0 Å². The summed E-state index contributed by atoms with van der Waals surface area (Å²) in [5, 5.41) is 0. The standard InChI is InChI=1S/C13H16.CH4/c1-2-10-4-3-5-11-6-7-13(8-9-13)12(10)11;/h3-5H,2,6-9H2,1H3;1H4. The van der Waals surface area contributed by atoms with Gasteiger partial charge in [0.05, 0.1) is 0 Å². The van der Waals surface area contributed by atoms with Crippen molar-refractivity contribution in [2.45, 2.75) is 51.9 Å². The molecule has 0 heterocycles. The molecule has 14 heavy (non-hydrogen) atoms. The minimum Gasteiger partial charge on any atom is -0.0776 e. The van der Waals surface area contributed by atoms with Crippen LogP contribution in [0.5, 0.6) is 0 Å². The first kappa shape index (κ1) is 9.76. The third kappa shape index (κ3) is 1.13. The molecule has 1 spiro atoms. The third-order valence-electron chi connectivity index (χ3n) is 3.87. The van der Waals surface area contributed by atoms with E-state index in [1.54, 1.807) is 16.7 Å². The predicted octanol–water partition coefficient (Wildman–Crippen LogP) is 3.86. The fourth-order valence-corrected chi connectivity index (χ4v) is 2.99. The van der Waals surface area contributed by atoms with Crippen molar-refractivity contribution in [3.8, 4) is 0 Å². The molecule has 0 aromatic heterocycles. The summed E-state index contributed by atoms with van der Waals surface area (Å²) in [6, 6.07) is 6.89. The highest BCUT2D eigenvalue weighted by Crippen LogP contribution is 2.57. The average Bonchev–Trinajstić information content (AvgIpc) is 2.84. The molecule has 76 valence electrons. The lowest BCUT2D eigenvalue weighted by Crippen LogP contribution is -2.03. The molecule has 0 aliphatic heterocycles. The Morgan fingerprint density at radius 3 is 2.64 bits per heavy atom. The van der Waals surface area contributed by atoms with Crippen molar-refractivity contribution in [3.05, 3.63) is 34.9 Å². The predicted molar refractivity (Wildman–Crippen MR) is 61.8 cm³/mol. The molecule has 0 N–H and O–H groups in total. The van der Waals surface area contributed by atoms with Crippen molar-refractivity contribution in [3.63, 3.8) is 0 Å². The monoisotopic (exact) mass is 188 g/mol. The van der Waals surface area contributed by atoms with Crippen molar-refractivity contribution in [1.82, 2.24) is 0 Å². The Morgan fingerprint density at radius 2 is 2.00 bits per heavy atom. The van der Waals surface area contributed by atoms with Crippen LogP contribution >= 0.6 is 0 Å². The molecule has 0 amide bonds. The summed E-state index contributed by atoms with van der Waals surface area (Å²) in [5.41, 5.74) is 5.68. The van der Waals surface area contributed by atoms with E-state index in [1.165, 1.54) is 32.1 Å². The Kier molecular flexibility index (Phi) is 2.17. The lowest BCUT2D eigenvalue weighted by Gasteiger charge is -2.12. The first-order chi connectivity index (χ1) is 6.36. The smallest absolute Gasteiger partial charge is 0.00377 e. The SMILES string of the molecule is C.CCc1cccc2c1C1(CC2)CC1. The van der Waals surface area contributed by atoms with Gasteiger partial charge in [-0.25, -0.2) is 0 Å². The molecule has 1 fully saturated rings. The van der Waals surface area contributed by atoms with E-state index in [9.17, 15) is 0 Å². The van der Waals surface area contributed by atoms with Crippen LogP contribution < -0.4 is 0 Å². The number of rotatable bonds is 1. The van der Waals surface area contributed by atoms with Gasteiger partial charge in [0.1, 0.15) is 0 Å². The van der Waals surface area contributed by atoms with Gasteiger partial charge in [-0.1, -0.05) is 32.5 Å². The van der Waals surface area contributed by atoms with E-state index in [1.807, 2.05) is 0 Å². The van der Waals surface area contributed by atoms with E-state index >= 15 is 0 Å². The number of hydrogen-bond acceptors (Lipinski definition) is 0. The van der Waals surface area contributed by atoms with E-state index in [0.29, 0.717) is 5.41 Å². The first-order valence-electron chi connectivity index (χ1n) is 5.47. The first-order valence-corrected chi connectivity index (χ1v) is 5.47. The minimum atomic E-state index is 0. The molecule has 2 aliphatic rings. The number of fused-ring (bicyclic) bond motifs is 2. The summed E-state index contributed by atoms with van der Waals surface area (Å²) in [4.78, 5) is 0. The van der Waals surface area contributed by atoms with Crippen molar-refractivity contribution in [2.75, 3.05) is 0 Å². The largest absolute Gasteiger partial charge is 0.0776 e. The topological polar surface area (TPSA) is 0 Å². The molecule has 0 nitrogen and oxygen atoms in total. The second kappa shape index (κ2) is 3.12. The molecular formula is C14H20. The molecule has 3 rings (SSSR count). The van der Waals surface area contributed by atoms with Gasteiger partial charge in [0.25, 0.3) is 0 Å². The normalized spacial score (nSPS) is 20.4. The Hall–Kier alpha value is -0.780. The van der Waals surface area contributed by atoms with Gasteiger partial charge in [-0.15, -0.1) is 0 Å². The second-order valence-corrected chi connectivity index (χ2v) is 4.59. The van der Waals surface area contributed by atoms with Gasteiger partial charge in [0.15, 0.2) is 0 Å². The van der Waals surface area contributed by atoms with Crippen LogP contribution in [0.2, 0.25) is 0 Å². The lowest BCUT2D eigenvalue weighted by molar-refractivity contribution is 0.675. The van der Waals surface area contributed by atoms with E-state index in [4.69, 9.17) is 0 Å². The fourth-order valence-electron chi connectivity index (χ4n) is 2.99. The quantitative estimate of drug-likeness (QED) is 0.627. The molecule has 0 radical (unpaired) electrons. The maximum Gasteiger partial charge on any atom is -0.00377 e. The molecule has 1 aromatic rings. The number of benzene rings is 1. The summed E-state index contributed by atoms with van der Waals surface area (Å²) in [5.74, 6) is 0. The molecule has 0 bridgehead atoms. The zero-order valence-electron chi connectivity index (χ0n) is 8.27. The highest BCUT2D eigenvalue weighted by molar-refractivity contribution is 5.48. The Labute approximate surface area is 87.3 Å². The van der Waals surface area contributed by atoms with Crippen molar-refractivity contribution < 1.29 is 0 Å². The summed E-state index contributed by atoms with van der Waals surface area (Å²) >= 11 is 0. The summed E-state index contributed by atoms with van der Waals surface area (Å²) in [6.07, 6.45) is 6.89. The highest BCUT2D eigenvalue weighted by atomic mass is 14.5. The Balaban J connectivity index is 0.000000750. The van der Waals surface area contributed by atoms with Crippen LogP contribution in [0.3, 0.4) is 0 Å². The van der Waals surface area contributed by atoms with Gasteiger partial charge >= 0.3 is 0 Å². The van der Waals surface area contributed by atoms with Gasteiger partial charge < -0.3 is 0 Å². The van der Waals surface area contributed by atoms with Crippen LogP contribution in [-0.2, 0) is 18.3 Å². The van der Waals surface area contributed by atoms with Crippen LogP contribution in [0.15, 0.2) is 18.2 Å². The van der Waals surface area contributed by atoms with Gasteiger partial charge in [-0.3, -0.25) is 0 Å². The lowest BCUT2D eigenvalue weighted by atomic mass is 9.92. The van der Waals surface area contributed by atoms with Crippen LogP contribution in [0.4, 0.5) is 0 Å². The van der Waals surface area contributed by atoms with E-state index < -0.39 is 0 Å². The maximum atomic E-state index is 2.33. The summed E-state index contributed by atoms with van der Waals surface area (Å²) < 4.78 is 0. The molecular weight excluding hydrogens is 168 g/mol. The van der Waals surface area contributed by atoms with Crippen molar-refractivity contribution in [2.24, 2.45) is 0 Å². The van der Waals surface area contributed by atoms with Crippen LogP contribution in [0, 0.1) is 0 Å². The van der Waals surface area contributed by atoms with Crippen LogP contribution in [0.1, 0.15) is 50.3 Å².